The Labute approximate surface area is 113 Å². The van der Waals surface area contributed by atoms with Gasteiger partial charge in [0.25, 0.3) is 0 Å². The van der Waals surface area contributed by atoms with Gasteiger partial charge in [-0.15, -0.1) is 0 Å². The maximum atomic E-state index is 9.76. The SMILES string of the molecule is CNc1cc(NC2(CO)CCCC(C)C2)nc(N)n1. The minimum atomic E-state index is -0.288. The second-order valence-corrected chi connectivity index (χ2v) is 5.51. The first kappa shape index (κ1) is 13.9. The third-order valence-electron chi connectivity index (χ3n) is 3.79. The van der Waals surface area contributed by atoms with Crippen LogP contribution in [-0.4, -0.2) is 34.3 Å². The molecule has 2 unspecified atom stereocenters. The summed E-state index contributed by atoms with van der Waals surface area (Å²) in [6.45, 7) is 2.33. The molecule has 6 heteroatoms. The number of aliphatic hydroxyl groups excluding tert-OH is 1. The highest BCUT2D eigenvalue weighted by molar-refractivity contribution is 5.52. The molecular formula is C13H23N5O. The molecule has 106 valence electrons. The Bertz CT molecular complexity index is 439. The molecule has 5 N–H and O–H groups in total. The molecule has 1 heterocycles. The van der Waals surface area contributed by atoms with Crippen molar-refractivity contribution in [2.45, 2.75) is 38.1 Å². The van der Waals surface area contributed by atoms with E-state index in [9.17, 15) is 5.11 Å². The van der Waals surface area contributed by atoms with Gasteiger partial charge in [-0.3, -0.25) is 0 Å². The van der Waals surface area contributed by atoms with Crippen molar-refractivity contribution in [2.75, 3.05) is 30.0 Å². The Hall–Kier alpha value is -1.56. The first-order valence-electron chi connectivity index (χ1n) is 6.78. The molecule has 1 aromatic heterocycles. The molecule has 0 saturated heterocycles. The molecule has 6 nitrogen and oxygen atoms in total. The molecule has 0 bridgehead atoms. The summed E-state index contributed by atoms with van der Waals surface area (Å²) in [5.74, 6) is 2.18. The van der Waals surface area contributed by atoms with E-state index in [-0.39, 0.29) is 18.1 Å². The van der Waals surface area contributed by atoms with E-state index < -0.39 is 0 Å². The Morgan fingerprint density at radius 2 is 2.21 bits per heavy atom. The predicted octanol–water partition coefficient (Wildman–Crippen LogP) is 1.45. The number of anilines is 3. The minimum absolute atomic E-state index is 0.107. The number of aromatic nitrogens is 2. The van der Waals surface area contributed by atoms with E-state index in [4.69, 9.17) is 5.73 Å². The fourth-order valence-corrected chi connectivity index (χ4v) is 2.89. The maximum Gasteiger partial charge on any atom is 0.223 e. The second-order valence-electron chi connectivity index (χ2n) is 5.51. The summed E-state index contributed by atoms with van der Waals surface area (Å²) < 4.78 is 0. The highest BCUT2D eigenvalue weighted by Gasteiger charge is 2.34. The van der Waals surface area contributed by atoms with Crippen molar-refractivity contribution in [3.63, 3.8) is 0 Å². The van der Waals surface area contributed by atoms with Crippen LogP contribution < -0.4 is 16.4 Å². The lowest BCUT2D eigenvalue weighted by Gasteiger charge is -2.39. The van der Waals surface area contributed by atoms with Crippen LogP contribution in [-0.2, 0) is 0 Å². The van der Waals surface area contributed by atoms with Crippen molar-refractivity contribution >= 4 is 17.6 Å². The molecule has 0 spiro atoms. The van der Waals surface area contributed by atoms with E-state index in [1.807, 2.05) is 6.07 Å². The van der Waals surface area contributed by atoms with Gasteiger partial charge in [-0.1, -0.05) is 19.8 Å². The van der Waals surface area contributed by atoms with Crippen LogP contribution in [0.1, 0.15) is 32.6 Å². The van der Waals surface area contributed by atoms with E-state index >= 15 is 0 Å². The van der Waals surface area contributed by atoms with Gasteiger partial charge < -0.3 is 21.5 Å². The lowest BCUT2D eigenvalue weighted by molar-refractivity contribution is 0.149. The highest BCUT2D eigenvalue weighted by Crippen LogP contribution is 2.34. The topological polar surface area (TPSA) is 96.1 Å². The molecule has 1 aromatic rings. The summed E-state index contributed by atoms with van der Waals surface area (Å²) in [7, 11) is 1.79. The summed E-state index contributed by atoms with van der Waals surface area (Å²) in [5.41, 5.74) is 5.40. The number of hydrogen-bond donors (Lipinski definition) is 4. The molecule has 1 aliphatic carbocycles. The van der Waals surface area contributed by atoms with Crippen LogP contribution in [0.5, 0.6) is 0 Å². The van der Waals surface area contributed by atoms with Crippen LogP contribution in [0.3, 0.4) is 0 Å². The summed E-state index contributed by atoms with van der Waals surface area (Å²) >= 11 is 0. The zero-order chi connectivity index (χ0) is 13.9. The number of nitrogens with one attached hydrogen (secondary N) is 2. The second kappa shape index (κ2) is 5.61. The number of rotatable bonds is 4. The van der Waals surface area contributed by atoms with Gasteiger partial charge in [0.2, 0.25) is 5.95 Å². The zero-order valence-corrected chi connectivity index (χ0v) is 11.6. The zero-order valence-electron chi connectivity index (χ0n) is 11.6. The Morgan fingerprint density at radius 1 is 1.47 bits per heavy atom. The molecule has 1 saturated carbocycles. The molecule has 0 aliphatic heterocycles. The summed E-state index contributed by atoms with van der Waals surface area (Å²) in [6.07, 6.45) is 4.24. The van der Waals surface area contributed by atoms with Crippen LogP contribution in [0.4, 0.5) is 17.6 Å². The standard InChI is InChI=1S/C13H23N5O/c1-9-4-3-5-13(7-9,8-19)18-11-6-10(15-2)16-12(14)17-11/h6,9,19H,3-5,7-8H2,1-2H3,(H4,14,15,16,17,18). The lowest BCUT2D eigenvalue weighted by atomic mass is 9.77. The number of hydrogen-bond acceptors (Lipinski definition) is 6. The minimum Gasteiger partial charge on any atom is -0.394 e. The van der Waals surface area contributed by atoms with Crippen molar-refractivity contribution in [1.29, 1.82) is 0 Å². The van der Waals surface area contributed by atoms with Crippen molar-refractivity contribution in [1.82, 2.24) is 9.97 Å². The highest BCUT2D eigenvalue weighted by atomic mass is 16.3. The van der Waals surface area contributed by atoms with Gasteiger partial charge in [0.05, 0.1) is 12.1 Å². The van der Waals surface area contributed by atoms with Crippen LogP contribution in [0.25, 0.3) is 0 Å². The largest absolute Gasteiger partial charge is 0.394 e. The van der Waals surface area contributed by atoms with Gasteiger partial charge >= 0.3 is 0 Å². The van der Waals surface area contributed by atoms with Crippen LogP contribution in [0.2, 0.25) is 0 Å². The monoisotopic (exact) mass is 265 g/mol. The predicted molar refractivity (Wildman–Crippen MR) is 77.1 cm³/mol. The van der Waals surface area contributed by atoms with Crippen molar-refractivity contribution in [3.05, 3.63) is 6.07 Å². The van der Waals surface area contributed by atoms with Gasteiger partial charge in [0.15, 0.2) is 0 Å². The van der Waals surface area contributed by atoms with E-state index in [0.717, 1.165) is 19.3 Å². The first-order valence-corrected chi connectivity index (χ1v) is 6.78. The average Bonchev–Trinajstić information content (AvgIpc) is 2.38. The Morgan fingerprint density at radius 3 is 2.84 bits per heavy atom. The molecule has 1 fully saturated rings. The van der Waals surface area contributed by atoms with Crippen LogP contribution in [0.15, 0.2) is 6.07 Å². The molecule has 0 aromatic carbocycles. The van der Waals surface area contributed by atoms with Gasteiger partial charge in [-0.25, -0.2) is 0 Å². The van der Waals surface area contributed by atoms with Crippen molar-refractivity contribution in [2.24, 2.45) is 5.92 Å². The number of nitrogens with zero attached hydrogens (tertiary/aromatic N) is 2. The Kier molecular flexibility index (Phi) is 4.09. The Balaban J connectivity index is 2.20. The normalized spacial score (nSPS) is 27.0. The third kappa shape index (κ3) is 3.26. The van der Waals surface area contributed by atoms with Gasteiger partial charge in [-0.2, -0.15) is 9.97 Å². The van der Waals surface area contributed by atoms with E-state index in [2.05, 4.69) is 27.5 Å². The van der Waals surface area contributed by atoms with Gasteiger partial charge in [0, 0.05) is 13.1 Å². The number of nitrogen functional groups attached to an aromatic ring is 1. The van der Waals surface area contributed by atoms with Crippen molar-refractivity contribution < 1.29 is 5.11 Å². The smallest absolute Gasteiger partial charge is 0.223 e. The summed E-state index contributed by atoms with van der Waals surface area (Å²) in [6, 6.07) is 1.81. The average molecular weight is 265 g/mol. The molecule has 1 aliphatic rings. The van der Waals surface area contributed by atoms with E-state index in [1.165, 1.54) is 6.42 Å². The fraction of sp³-hybridized carbons (Fsp3) is 0.692. The van der Waals surface area contributed by atoms with Crippen LogP contribution in [0, 0.1) is 5.92 Å². The van der Waals surface area contributed by atoms with Crippen LogP contribution >= 0.6 is 0 Å². The van der Waals surface area contributed by atoms with Crippen molar-refractivity contribution in [3.8, 4) is 0 Å². The third-order valence-corrected chi connectivity index (χ3v) is 3.79. The quantitative estimate of drug-likeness (QED) is 0.658. The lowest BCUT2D eigenvalue weighted by Crippen LogP contribution is -2.46. The maximum absolute atomic E-state index is 9.76. The molecular weight excluding hydrogens is 242 g/mol. The van der Waals surface area contributed by atoms with E-state index in [0.29, 0.717) is 17.6 Å². The summed E-state index contributed by atoms with van der Waals surface area (Å²) in [5, 5.41) is 16.1. The fourth-order valence-electron chi connectivity index (χ4n) is 2.89. The summed E-state index contributed by atoms with van der Waals surface area (Å²) in [4.78, 5) is 8.26. The van der Waals surface area contributed by atoms with Gasteiger partial charge in [0.1, 0.15) is 11.6 Å². The number of nitrogens with two attached hydrogens (primary N) is 1. The molecule has 2 rings (SSSR count). The number of aliphatic hydroxyl groups is 1. The van der Waals surface area contributed by atoms with Gasteiger partial charge in [-0.05, 0) is 18.8 Å². The molecule has 2 atom stereocenters. The molecule has 0 amide bonds. The first-order chi connectivity index (χ1) is 9.07. The molecule has 19 heavy (non-hydrogen) atoms. The van der Waals surface area contributed by atoms with E-state index in [1.54, 1.807) is 7.05 Å². The molecule has 0 radical (unpaired) electrons.